The fraction of sp³-hybridized carbons (Fsp3) is 1.00. The molecule has 0 aliphatic heterocycles. The van der Waals surface area contributed by atoms with Crippen molar-refractivity contribution in [1.29, 1.82) is 0 Å². The summed E-state index contributed by atoms with van der Waals surface area (Å²) in [7, 11) is 1.75. The molecule has 21 heavy (non-hydrogen) atoms. The van der Waals surface area contributed by atoms with Crippen LogP contribution in [0.5, 0.6) is 0 Å². The second kappa shape index (κ2) is 8.50. The van der Waals surface area contributed by atoms with Crippen LogP contribution in [0, 0.1) is 11.8 Å². The van der Waals surface area contributed by atoms with Gasteiger partial charge in [-0.05, 0) is 64.7 Å². The van der Waals surface area contributed by atoms with Gasteiger partial charge in [0.25, 0.3) is 0 Å². The molecule has 1 aliphatic rings. The number of nitrogens with one attached hydrogen (secondary N) is 1. The van der Waals surface area contributed by atoms with Crippen LogP contribution in [-0.2, 0) is 9.47 Å². The molecule has 1 N–H and O–H groups in total. The van der Waals surface area contributed by atoms with Gasteiger partial charge in [0.2, 0.25) is 0 Å². The number of rotatable bonds is 8. The average molecular weight is 299 g/mol. The van der Waals surface area contributed by atoms with Crippen molar-refractivity contribution in [3.05, 3.63) is 0 Å². The summed E-state index contributed by atoms with van der Waals surface area (Å²) in [6.07, 6.45) is 5.96. The summed E-state index contributed by atoms with van der Waals surface area (Å²) in [6, 6.07) is 0. The van der Waals surface area contributed by atoms with Crippen LogP contribution in [-0.4, -0.2) is 38.0 Å². The molecule has 0 aromatic heterocycles. The highest BCUT2D eigenvalue weighted by Crippen LogP contribution is 2.38. The third kappa shape index (κ3) is 7.12. The van der Waals surface area contributed by atoms with Crippen LogP contribution in [0.1, 0.15) is 66.7 Å². The fourth-order valence-corrected chi connectivity index (χ4v) is 3.12. The lowest BCUT2D eigenvalue weighted by Gasteiger charge is -2.43. The summed E-state index contributed by atoms with van der Waals surface area (Å²) in [5.41, 5.74) is 0.185. The smallest absolute Gasteiger partial charge is 0.0806 e. The average Bonchev–Trinajstić information content (AvgIpc) is 2.41. The third-order valence-electron chi connectivity index (χ3n) is 4.73. The van der Waals surface area contributed by atoms with Gasteiger partial charge < -0.3 is 14.8 Å². The second-order valence-electron chi connectivity index (χ2n) is 8.06. The van der Waals surface area contributed by atoms with Crippen LogP contribution < -0.4 is 5.32 Å². The van der Waals surface area contributed by atoms with E-state index in [1.807, 2.05) is 0 Å². The summed E-state index contributed by atoms with van der Waals surface area (Å²) in [6.45, 7) is 14.0. The van der Waals surface area contributed by atoms with Crippen molar-refractivity contribution in [1.82, 2.24) is 5.32 Å². The monoisotopic (exact) mass is 299 g/mol. The van der Waals surface area contributed by atoms with E-state index in [1.54, 1.807) is 7.11 Å². The summed E-state index contributed by atoms with van der Waals surface area (Å²) in [4.78, 5) is 0. The molecular weight excluding hydrogens is 262 g/mol. The first-order valence-electron chi connectivity index (χ1n) is 8.66. The third-order valence-corrected chi connectivity index (χ3v) is 4.73. The van der Waals surface area contributed by atoms with Gasteiger partial charge in [-0.15, -0.1) is 0 Å². The van der Waals surface area contributed by atoms with E-state index in [-0.39, 0.29) is 11.1 Å². The lowest BCUT2D eigenvalue weighted by Crippen LogP contribution is -2.51. The van der Waals surface area contributed by atoms with E-state index >= 15 is 0 Å². The molecule has 0 aromatic rings. The summed E-state index contributed by atoms with van der Waals surface area (Å²) < 4.78 is 11.5. The minimum Gasteiger partial charge on any atom is -0.385 e. The molecule has 0 spiro atoms. The summed E-state index contributed by atoms with van der Waals surface area (Å²) in [5, 5.41) is 3.66. The van der Waals surface area contributed by atoms with Crippen molar-refractivity contribution in [3.8, 4) is 0 Å². The van der Waals surface area contributed by atoms with Gasteiger partial charge in [-0.3, -0.25) is 0 Å². The summed E-state index contributed by atoms with van der Waals surface area (Å²) in [5.74, 6) is 1.67. The van der Waals surface area contributed by atoms with Crippen molar-refractivity contribution < 1.29 is 9.47 Å². The Kier molecular flexibility index (Phi) is 7.66. The van der Waals surface area contributed by atoms with E-state index in [9.17, 15) is 0 Å². The van der Waals surface area contributed by atoms with Crippen molar-refractivity contribution in [2.45, 2.75) is 77.9 Å². The van der Waals surface area contributed by atoms with Gasteiger partial charge in [0.05, 0.1) is 5.60 Å². The molecule has 0 amide bonds. The Hall–Kier alpha value is -0.120. The van der Waals surface area contributed by atoms with E-state index in [1.165, 1.54) is 25.7 Å². The largest absolute Gasteiger partial charge is 0.385 e. The standard InChI is InChI=1S/C18H37NO2/c1-15(2)16-8-10-18(11-9-16,14-19-17(3,4)5)21-13-7-12-20-6/h15-16,19H,7-14H2,1-6H3. The quantitative estimate of drug-likeness (QED) is 0.687. The fourth-order valence-electron chi connectivity index (χ4n) is 3.12. The van der Waals surface area contributed by atoms with Crippen LogP contribution >= 0.6 is 0 Å². The number of hydrogen-bond donors (Lipinski definition) is 1. The first-order valence-corrected chi connectivity index (χ1v) is 8.66. The second-order valence-corrected chi connectivity index (χ2v) is 8.06. The van der Waals surface area contributed by atoms with Gasteiger partial charge in [0, 0.05) is 32.4 Å². The van der Waals surface area contributed by atoms with Crippen LogP contribution in [0.4, 0.5) is 0 Å². The molecule has 0 heterocycles. The maximum atomic E-state index is 6.35. The van der Waals surface area contributed by atoms with E-state index < -0.39 is 0 Å². The van der Waals surface area contributed by atoms with Gasteiger partial charge in [-0.25, -0.2) is 0 Å². The van der Waals surface area contributed by atoms with Gasteiger partial charge >= 0.3 is 0 Å². The Morgan fingerprint density at radius 1 is 1.14 bits per heavy atom. The van der Waals surface area contributed by atoms with Crippen LogP contribution in [0.3, 0.4) is 0 Å². The molecule has 1 rings (SSSR count). The minimum atomic E-state index is 0.0341. The van der Waals surface area contributed by atoms with E-state index in [0.29, 0.717) is 0 Å². The van der Waals surface area contributed by atoms with Crippen molar-refractivity contribution >= 4 is 0 Å². The molecular formula is C18H37NO2. The van der Waals surface area contributed by atoms with Crippen molar-refractivity contribution in [3.63, 3.8) is 0 Å². The van der Waals surface area contributed by atoms with Gasteiger partial charge in [-0.1, -0.05) is 13.8 Å². The van der Waals surface area contributed by atoms with Crippen LogP contribution in [0.15, 0.2) is 0 Å². The van der Waals surface area contributed by atoms with Gasteiger partial charge in [0.15, 0.2) is 0 Å². The highest BCUT2D eigenvalue weighted by molar-refractivity contribution is 4.91. The van der Waals surface area contributed by atoms with E-state index in [4.69, 9.17) is 9.47 Å². The highest BCUT2D eigenvalue weighted by Gasteiger charge is 2.37. The Morgan fingerprint density at radius 3 is 2.24 bits per heavy atom. The molecule has 0 atom stereocenters. The van der Waals surface area contributed by atoms with Crippen LogP contribution in [0.25, 0.3) is 0 Å². The maximum absolute atomic E-state index is 6.35. The number of methoxy groups -OCH3 is 1. The summed E-state index contributed by atoms with van der Waals surface area (Å²) >= 11 is 0. The Balaban J connectivity index is 2.54. The molecule has 0 unspecified atom stereocenters. The maximum Gasteiger partial charge on any atom is 0.0806 e. The number of ether oxygens (including phenoxy) is 2. The van der Waals surface area contributed by atoms with Gasteiger partial charge in [-0.2, -0.15) is 0 Å². The Labute approximate surface area is 132 Å². The Morgan fingerprint density at radius 2 is 1.76 bits per heavy atom. The molecule has 3 heteroatoms. The molecule has 1 aliphatic carbocycles. The molecule has 1 saturated carbocycles. The predicted octanol–water partition coefficient (Wildman–Crippen LogP) is 4.01. The zero-order chi connectivity index (χ0) is 15.9. The number of hydrogen-bond acceptors (Lipinski definition) is 3. The molecule has 126 valence electrons. The van der Waals surface area contributed by atoms with E-state index in [2.05, 4.69) is 39.9 Å². The Bertz CT molecular complexity index is 275. The first kappa shape index (κ1) is 18.9. The van der Waals surface area contributed by atoms with Crippen LogP contribution in [0.2, 0.25) is 0 Å². The van der Waals surface area contributed by atoms with Crippen molar-refractivity contribution in [2.24, 2.45) is 11.8 Å². The zero-order valence-electron chi connectivity index (χ0n) is 15.1. The molecule has 0 radical (unpaired) electrons. The molecule has 0 bridgehead atoms. The van der Waals surface area contributed by atoms with E-state index in [0.717, 1.165) is 38.0 Å². The molecule has 0 aromatic carbocycles. The molecule has 3 nitrogen and oxygen atoms in total. The predicted molar refractivity (Wildman–Crippen MR) is 89.7 cm³/mol. The topological polar surface area (TPSA) is 30.5 Å². The highest BCUT2D eigenvalue weighted by atomic mass is 16.5. The molecule has 0 saturated heterocycles. The minimum absolute atomic E-state index is 0.0341. The SMILES string of the molecule is COCCCOC1(CNC(C)(C)C)CCC(C(C)C)CC1. The molecule has 1 fully saturated rings. The first-order chi connectivity index (χ1) is 9.78. The lowest BCUT2D eigenvalue weighted by atomic mass is 9.74. The lowest BCUT2D eigenvalue weighted by molar-refractivity contribution is -0.0857. The van der Waals surface area contributed by atoms with Gasteiger partial charge in [0.1, 0.15) is 0 Å². The zero-order valence-corrected chi connectivity index (χ0v) is 15.1. The van der Waals surface area contributed by atoms with Crippen molar-refractivity contribution in [2.75, 3.05) is 26.9 Å². The normalized spacial score (nSPS) is 27.3.